The third-order valence-electron chi connectivity index (χ3n) is 9.09. The van der Waals surface area contributed by atoms with Gasteiger partial charge in [0.1, 0.15) is 35.7 Å². The summed E-state index contributed by atoms with van der Waals surface area (Å²) in [5.41, 5.74) is 4.50. The minimum atomic E-state index is -4.43. The summed E-state index contributed by atoms with van der Waals surface area (Å²) < 4.78 is 46.2. The van der Waals surface area contributed by atoms with Crippen LogP contribution in [0.2, 0.25) is 0 Å². The maximum absolute atomic E-state index is 14.8. The van der Waals surface area contributed by atoms with Crippen LogP contribution >= 0.6 is 30.3 Å². The van der Waals surface area contributed by atoms with Gasteiger partial charge in [-0.15, -0.1) is 0 Å². The van der Waals surface area contributed by atoms with E-state index in [4.69, 9.17) is 29.0 Å². The van der Waals surface area contributed by atoms with Gasteiger partial charge in [0.15, 0.2) is 21.2 Å². The van der Waals surface area contributed by atoms with Crippen molar-refractivity contribution in [3.8, 4) is 11.6 Å². The van der Waals surface area contributed by atoms with Crippen molar-refractivity contribution in [3.05, 3.63) is 46.3 Å². The first-order valence-electron chi connectivity index (χ1n) is 16.5. The molecule has 4 aromatic rings. The van der Waals surface area contributed by atoms with Crippen molar-refractivity contribution in [2.24, 2.45) is 5.92 Å². The number of esters is 1. The topological polar surface area (TPSA) is 202 Å². The minimum Gasteiger partial charge on any atom is -0.479 e. The van der Waals surface area contributed by atoms with Gasteiger partial charge in [0.2, 0.25) is 11.8 Å². The van der Waals surface area contributed by atoms with Crippen LogP contribution in [0.4, 0.5) is 5.95 Å². The van der Waals surface area contributed by atoms with Crippen LogP contribution in [0.3, 0.4) is 0 Å². The number of nitrogens with two attached hydrogens (primary N) is 1. The highest BCUT2D eigenvalue weighted by atomic mass is 127. The molecule has 1 aliphatic carbocycles. The van der Waals surface area contributed by atoms with Gasteiger partial charge in [0.25, 0.3) is 0 Å². The Labute approximate surface area is 302 Å². The second-order valence-corrected chi connectivity index (χ2v) is 15.8. The predicted octanol–water partition coefficient (Wildman–Crippen LogP) is 4.88. The highest BCUT2D eigenvalue weighted by molar-refractivity contribution is 14.1. The van der Waals surface area contributed by atoms with Gasteiger partial charge in [-0.2, -0.15) is 15.1 Å². The molecule has 50 heavy (non-hydrogen) atoms. The number of benzene rings is 2. The fourth-order valence-corrected chi connectivity index (χ4v) is 8.78. The average Bonchev–Trinajstić information content (AvgIpc) is 3.52. The molecule has 5 N–H and O–H groups in total. The molecule has 0 bridgehead atoms. The van der Waals surface area contributed by atoms with Crippen LogP contribution in [0.5, 0.6) is 11.6 Å². The van der Waals surface area contributed by atoms with Crippen molar-refractivity contribution in [2.75, 3.05) is 19.5 Å². The number of hydrogen-bond acceptors (Lipinski definition) is 13. The van der Waals surface area contributed by atoms with Crippen LogP contribution in [-0.4, -0.2) is 79.4 Å². The van der Waals surface area contributed by atoms with Crippen LogP contribution in [-0.2, 0) is 23.4 Å². The van der Waals surface area contributed by atoms with E-state index in [2.05, 4.69) is 20.0 Å². The molecule has 6 atom stereocenters. The molecule has 2 aliphatic rings. The molecular weight excluding hydrogens is 782 g/mol. The summed E-state index contributed by atoms with van der Waals surface area (Å²) in [5.74, 6) is -0.632. The van der Waals surface area contributed by atoms with E-state index in [9.17, 15) is 19.6 Å². The fourth-order valence-electron chi connectivity index (χ4n) is 6.37. The molecule has 2 aromatic heterocycles. The zero-order valence-corrected chi connectivity index (χ0v) is 31.2. The lowest BCUT2D eigenvalue weighted by Gasteiger charge is -2.30. The predicted molar refractivity (Wildman–Crippen MR) is 192 cm³/mol. The van der Waals surface area contributed by atoms with Gasteiger partial charge in [-0.1, -0.05) is 56.7 Å². The lowest BCUT2D eigenvalue weighted by molar-refractivity contribution is -0.153. The molecule has 2 aromatic carbocycles. The zero-order valence-electron chi connectivity index (χ0n) is 28.2. The van der Waals surface area contributed by atoms with Gasteiger partial charge < -0.3 is 34.7 Å². The van der Waals surface area contributed by atoms with Crippen molar-refractivity contribution in [1.29, 1.82) is 0 Å². The molecule has 1 unspecified atom stereocenters. The van der Waals surface area contributed by atoms with Crippen LogP contribution in [0, 0.1) is 9.75 Å². The van der Waals surface area contributed by atoms with Crippen molar-refractivity contribution in [3.63, 3.8) is 0 Å². The quantitative estimate of drug-likeness (QED) is 0.0652. The molecule has 6 rings (SSSR count). The number of anilines is 1. The highest BCUT2D eigenvalue weighted by Crippen LogP contribution is 2.49. The molecule has 17 heteroatoms. The second-order valence-electron chi connectivity index (χ2n) is 13.1. The van der Waals surface area contributed by atoms with Crippen LogP contribution in [0.25, 0.3) is 21.9 Å². The number of nitrogens with zero attached hydrogens (tertiary/aromatic N) is 4. The Morgan fingerprint density at radius 2 is 1.88 bits per heavy atom. The van der Waals surface area contributed by atoms with Gasteiger partial charge in [-0.25, -0.2) is 9.55 Å². The molecule has 1 saturated carbocycles. The maximum atomic E-state index is 14.8. The molecule has 0 amide bonds. The Hall–Kier alpha value is -3.12. The third-order valence-corrected chi connectivity index (χ3v) is 11.4. The van der Waals surface area contributed by atoms with Gasteiger partial charge in [-0.3, -0.25) is 13.9 Å². The first-order chi connectivity index (χ1) is 23.8. The molecule has 1 saturated heterocycles. The number of aliphatic hydroxyl groups excluding tert-OH is 1. The Morgan fingerprint density at radius 3 is 2.60 bits per heavy atom. The monoisotopic (exact) mass is 824 g/mol. The van der Waals surface area contributed by atoms with Gasteiger partial charge in [0.05, 0.1) is 13.7 Å². The molecular formula is C33H42IN6O9P. The number of ether oxygens (including phenoxy) is 3. The van der Waals surface area contributed by atoms with E-state index in [1.807, 2.05) is 52.9 Å². The SMILES string of the molecule is COc1nc(N)nc2c1nc(I)n2[C@@H]1O[C@H](COP(=O)(N[C@H](C(=O)OC2CCCCC2)C(C)C)Oc2cccc3ccccc23)[C@@H](O)[C@@]1(C)O. The Morgan fingerprint density at radius 1 is 1.16 bits per heavy atom. The molecule has 270 valence electrons. The summed E-state index contributed by atoms with van der Waals surface area (Å²) in [5, 5.41) is 27.4. The first kappa shape index (κ1) is 36.7. The van der Waals surface area contributed by atoms with E-state index in [1.165, 1.54) is 18.6 Å². The lowest BCUT2D eigenvalue weighted by atomic mass is 9.96. The summed E-state index contributed by atoms with van der Waals surface area (Å²) in [6.45, 7) is 4.49. The number of halogens is 1. The molecule has 0 radical (unpaired) electrons. The van der Waals surface area contributed by atoms with E-state index >= 15 is 0 Å². The van der Waals surface area contributed by atoms with Crippen LogP contribution in [0.1, 0.15) is 59.1 Å². The molecule has 3 heterocycles. The summed E-state index contributed by atoms with van der Waals surface area (Å²) >= 11 is 1.94. The average molecular weight is 825 g/mol. The first-order valence-corrected chi connectivity index (χ1v) is 19.1. The van der Waals surface area contributed by atoms with Crippen LogP contribution in [0.15, 0.2) is 42.5 Å². The molecule has 15 nitrogen and oxygen atoms in total. The number of aromatic nitrogens is 4. The lowest BCUT2D eigenvalue weighted by Crippen LogP contribution is -2.45. The number of fused-ring (bicyclic) bond motifs is 2. The standard InChI is InChI=1S/C33H42IN6O9P/c1-18(2)24(29(42)47-20-13-6-5-7-14-20)39-50(44,49-22-16-10-12-19-11-8-9-15-21(19)22)46-17-23-26(41)33(3,43)30(48-23)40-27-25(36-31(40)34)28(45-4)38-32(35)37-27/h8-12,15-16,18,20,23-24,26,30,41,43H,5-7,13-14,17H2,1-4H3,(H,39,44)(H2,35,37,38)/t23-,24+,26-,30-,33-,50?/m1/s1. The van der Waals surface area contributed by atoms with E-state index in [1.54, 1.807) is 26.0 Å². The van der Waals surface area contributed by atoms with Gasteiger partial charge >= 0.3 is 13.7 Å². The maximum Gasteiger partial charge on any atom is 0.459 e. The number of hydrogen-bond donors (Lipinski definition) is 4. The number of nitrogen functional groups attached to an aromatic ring is 1. The normalized spacial score (nSPS) is 24.8. The molecule has 1 aliphatic heterocycles. The molecule has 0 spiro atoms. The van der Waals surface area contributed by atoms with Gasteiger partial charge in [-0.05, 0) is 50.0 Å². The number of nitrogens with one attached hydrogen (secondary N) is 1. The largest absolute Gasteiger partial charge is 0.479 e. The van der Waals surface area contributed by atoms with Crippen molar-refractivity contribution >= 4 is 64.2 Å². The van der Waals surface area contributed by atoms with Crippen LogP contribution < -0.4 is 20.1 Å². The second kappa shape index (κ2) is 14.9. The Balaban J connectivity index is 1.29. The number of aliphatic hydroxyl groups is 2. The zero-order chi connectivity index (χ0) is 35.8. The van der Waals surface area contributed by atoms with E-state index in [0.29, 0.717) is 9.22 Å². The van der Waals surface area contributed by atoms with Crippen molar-refractivity contribution < 1.29 is 42.8 Å². The summed E-state index contributed by atoms with van der Waals surface area (Å²) in [4.78, 5) is 26.4. The summed E-state index contributed by atoms with van der Waals surface area (Å²) in [6, 6.07) is 11.7. The van der Waals surface area contributed by atoms with E-state index in [0.717, 1.165) is 37.5 Å². The Bertz CT molecular complexity index is 1900. The Kier molecular flexibility index (Phi) is 10.9. The van der Waals surface area contributed by atoms with Crippen molar-refractivity contribution in [2.45, 2.75) is 89.1 Å². The smallest absolute Gasteiger partial charge is 0.459 e. The van der Waals surface area contributed by atoms with E-state index < -0.39 is 50.4 Å². The van der Waals surface area contributed by atoms with Gasteiger partial charge in [0, 0.05) is 28.0 Å². The minimum absolute atomic E-state index is 0.0933. The fraction of sp³-hybridized carbons (Fsp3) is 0.515. The third kappa shape index (κ3) is 7.43. The van der Waals surface area contributed by atoms with E-state index in [-0.39, 0.29) is 40.8 Å². The summed E-state index contributed by atoms with van der Waals surface area (Å²) in [6.07, 6.45) is 0.366. The number of carbonyl (C=O) groups excluding carboxylic acids is 1. The number of carbonyl (C=O) groups is 1. The summed E-state index contributed by atoms with van der Waals surface area (Å²) in [7, 11) is -3.01. The molecule has 2 fully saturated rings. The number of rotatable bonds is 12. The number of imidazole rings is 1. The number of methoxy groups -OCH3 is 1. The van der Waals surface area contributed by atoms with Crippen molar-refractivity contribution in [1.82, 2.24) is 24.6 Å². The highest BCUT2D eigenvalue weighted by Gasteiger charge is 2.55.